The van der Waals surface area contributed by atoms with Crippen molar-refractivity contribution in [1.29, 1.82) is 0 Å². The predicted octanol–water partition coefficient (Wildman–Crippen LogP) is 3.80. The van der Waals surface area contributed by atoms with Crippen molar-refractivity contribution >= 4 is 15.9 Å². The lowest BCUT2D eigenvalue weighted by Crippen LogP contribution is -2.12. The second-order valence-corrected chi connectivity index (χ2v) is 3.85. The molecule has 0 saturated carbocycles. The molecule has 0 unspecified atom stereocenters. The molecule has 0 N–H and O–H groups in total. The molecule has 0 heterocycles. The van der Waals surface area contributed by atoms with Crippen molar-refractivity contribution < 1.29 is 18.3 Å². The Bertz CT molecular complexity index is 352. The molecule has 0 aliphatic rings. The van der Waals surface area contributed by atoms with Crippen molar-refractivity contribution in [1.82, 2.24) is 0 Å². The van der Waals surface area contributed by atoms with E-state index in [1.54, 1.807) is 13.8 Å². The summed E-state index contributed by atoms with van der Waals surface area (Å²) in [4.78, 5) is 0. The molecule has 0 aliphatic heterocycles. The predicted molar refractivity (Wildman–Crippen MR) is 60.1 cm³/mol. The standard InChI is InChI=1S/C11H13BrF2O2/c1-3-15-11(16-4-2)9-7(12)5-6-8(13)10(9)14/h5-6,11H,3-4H2,1-2H3. The Kier molecular flexibility index (Phi) is 5.31. The number of ether oxygens (including phenoxy) is 2. The van der Waals surface area contributed by atoms with Gasteiger partial charge in [-0.15, -0.1) is 0 Å². The van der Waals surface area contributed by atoms with Gasteiger partial charge in [-0.25, -0.2) is 8.78 Å². The third-order valence-corrected chi connectivity index (χ3v) is 2.64. The Balaban J connectivity index is 3.11. The summed E-state index contributed by atoms with van der Waals surface area (Å²) in [5.74, 6) is -1.86. The Labute approximate surface area is 102 Å². The molecule has 1 aromatic rings. The first-order valence-corrected chi connectivity index (χ1v) is 5.77. The Hall–Kier alpha value is -0.520. The highest BCUT2D eigenvalue weighted by Crippen LogP contribution is 2.30. The number of hydrogen-bond acceptors (Lipinski definition) is 2. The van der Waals surface area contributed by atoms with Crippen molar-refractivity contribution in [3.63, 3.8) is 0 Å². The maximum absolute atomic E-state index is 13.6. The zero-order valence-electron chi connectivity index (χ0n) is 9.10. The fourth-order valence-electron chi connectivity index (χ4n) is 1.28. The minimum atomic E-state index is -0.943. The van der Waals surface area contributed by atoms with Crippen LogP contribution < -0.4 is 0 Å². The van der Waals surface area contributed by atoms with Crippen molar-refractivity contribution in [2.24, 2.45) is 0 Å². The van der Waals surface area contributed by atoms with Crippen LogP contribution >= 0.6 is 15.9 Å². The Morgan fingerprint density at radius 1 is 1.19 bits per heavy atom. The van der Waals surface area contributed by atoms with Gasteiger partial charge < -0.3 is 9.47 Å². The highest BCUT2D eigenvalue weighted by Gasteiger charge is 2.22. The third-order valence-electron chi connectivity index (χ3n) is 1.95. The maximum atomic E-state index is 13.6. The van der Waals surface area contributed by atoms with E-state index in [2.05, 4.69) is 15.9 Å². The molecule has 0 aromatic heterocycles. The van der Waals surface area contributed by atoms with E-state index in [0.717, 1.165) is 6.07 Å². The largest absolute Gasteiger partial charge is 0.349 e. The van der Waals surface area contributed by atoms with Gasteiger partial charge in [0.15, 0.2) is 17.9 Å². The lowest BCUT2D eigenvalue weighted by Gasteiger charge is -2.19. The molecule has 16 heavy (non-hydrogen) atoms. The minimum Gasteiger partial charge on any atom is -0.349 e. The van der Waals surface area contributed by atoms with E-state index in [-0.39, 0.29) is 5.56 Å². The number of benzene rings is 1. The molecular formula is C11H13BrF2O2. The fraction of sp³-hybridized carbons (Fsp3) is 0.455. The molecule has 1 aromatic carbocycles. The molecule has 0 saturated heterocycles. The van der Waals surface area contributed by atoms with Gasteiger partial charge in [-0.1, -0.05) is 15.9 Å². The van der Waals surface area contributed by atoms with Crippen molar-refractivity contribution in [2.45, 2.75) is 20.1 Å². The average molecular weight is 295 g/mol. The Morgan fingerprint density at radius 3 is 2.25 bits per heavy atom. The summed E-state index contributed by atoms with van der Waals surface area (Å²) < 4.78 is 37.6. The third kappa shape index (κ3) is 2.99. The van der Waals surface area contributed by atoms with E-state index in [0.29, 0.717) is 17.7 Å². The molecule has 0 radical (unpaired) electrons. The molecule has 0 fully saturated rings. The first-order valence-electron chi connectivity index (χ1n) is 4.98. The molecule has 0 bridgehead atoms. The SMILES string of the molecule is CCOC(OCC)c1c(Br)ccc(F)c1F. The average Bonchev–Trinajstić information content (AvgIpc) is 2.25. The molecule has 90 valence electrons. The summed E-state index contributed by atoms with van der Waals surface area (Å²) in [7, 11) is 0. The van der Waals surface area contributed by atoms with E-state index < -0.39 is 17.9 Å². The normalized spacial score (nSPS) is 11.1. The fourth-order valence-corrected chi connectivity index (χ4v) is 1.77. The number of rotatable bonds is 5. The monoisotopic (exact) mass is 294 g/mol. The van der Waals surface area contributed by atoms with Crippen LogP contribution in [0.3, 0.4) is 0 Å². The lowest BCUT2D eigenvalue weighted by atomic mass is 10.2. The molecule has 0 spiro atoms. The van der Waals surface area contributed by atoms with E-state index in [1.807, 2.05) is 0 Å². The van der Waals surface area contributed by atoms with Gasteiger partial charge in [0.1, 0.15) is 0 Å². The van der Waals surface area contributed by atoms with Crippen LogP contribution in [-0.2, 0) is 9.47 Å². The van der Waals surface area contributed by atoms with Crippen molar-refractivity contribution in [3.8, 4) is 0 Å². The van der Waals surface area contributed by atoms with Gasteiger partial charge in [0.25, 0.3) is 0 Å². The summed E-state index contributed by atoms with van der Waals surface area (Å²) in [5.41, 5.74) is 0.0590. The van der Waals surface area contributed by atoms with Crippen LogP contribution in [-0.4, -0.2) is 13.2 Å². The zero-order chi connectivity index (χ0) is 12.1. The van der Waals surface area contributed by atoms with Crippen LogP contribution in [0.1, 0.15) is 25.7 Å². The molecule has 5 heteroatoms. The van der Waals surface area contributed by atoms with E-state index in [9.17, 15) is 8.78 Å². The van der Waals surface area contributed by atoms with Crippen LogP contribution in [0, 0.1) is 11.6 Å². The van der Waals surface area contributed by atoms with Gasteiger partial charge in [-0.3, -0.25) is 0 Å². The highest BCUT2D eigenvalue weighted by molar-refractivity contribution is 9.10. The van der Waals surface area contributed by atoms with Crippen molar-refractivity contribution in [2.75, 3.05) is 13.2 Å². The van der Waals surface area contributed by atoms with Gasteiger partial charge in [0.05, 0.1) is 5.56 Å². The van der Waals surface area contributed by atoms with Crippen LogP contribution in [0.15, 0.2) is 16.6 Å². The highest BCUT2D eigenvalue weighted by atomic mass is 79.9. The quantitative estimate of drug-likeness (QED) is 0.607. The van der Waals surface area contributed by atoms with Gasteiger partial charge in [-0.05, 0) is 26.0 Å². The summed E-state index contributed by atoms with van der Waals surface area (Å²) in [5, 5.41) is 0. The van der Waals surface area contributed by atoms with Gasteiger partial charge in [0.2, 0.25) is 0 Å². The summed E-state index contributed by atoms with van der Waals surface area (Å²) in [6, 6.07) is 2.48. The summed E-state index contributed by atoms with van der Waals surface area (Å²) in [6.07, 6.45) is -0.889. The van der Waals surface area contributed by atoms with E-state index >= 15 is 0 Å². The molecular weight excluding hydrogens is 282 g/mol. The topological polar surface area (TPSA) is 18.5 Å². The second kappa shape index (κ2) is 6.27. The molecule has 1 rings (SSSR count). The minimum absolute atomic E-state index is 0.0590. The van der Waals surface area contributed by atoms with Crippen LogP contribution in [0.4, 0.5) is 8.78 Å². The van der Waals surface area contributed by atoms with Gasteiger partial charge >= 0.3 is 0 Å². The van der Waals surface area contributed by atoms with Crippen LogP contribution in [0.25, 0.3) is 0 Å². The Morgan fingerprint density at radius 2 is 1.75 bits per heavy atom. The van der Waals surface area contributed by atoms with Gasteiger partial charge in [0, 0.05) is 17.7 Å². The number of halogens is 3. The van der Waals surface area contributed by atoms with E-state index in [1.165, 1.54) is 6.07 Å². The molecule has 2 nitrogen and oxygen atoms in total. The molecule has 0 aliphatic carbocycles. The molecule has 0 atom stereocenters. The zero-order valence-corrected chi connectivity index (χ0v) is 10.7. The molecule has 0 amide bonds. The smallest absolute Gasteiger partial charge is 0.187 e. The number of hydrogen-bond donors (Lipinski definition) is 0. The first-order chi connectivity index (χ1) is 7.61. The van der Waals surface area contributed by atoms with Gasteiger partial charge in [-0.2, -0.15) is 0 Å². The maximum Gasteiger partial charge on any atom is 0.187 e. The van der Waals surface area contributed by atoms with Crippen molar-refractivity contribution in [3.05, 3.63) is 33.8 Å². The van der Waals surface area contributed by atoms with E-state index in [4.69, 9.17) is 9.47 Å². The van der Waals surface area contributed by atoms with Crippen LogP contribution in [0.2, 0.25) is 0 Å². The summed E-state index contributed by atoms with van der Waals surface area (Å²) in [6.45, 7) is 4.23. The van der Waals surface area contributed by atoms with Crippen LogP contribution in [0.5, 0.6) is 0 Å². The lowest BCUT2D eigenvalue weighted by molar-refractivity contribution is -0.142. The second-order valence-electron chi connectivity index (χ2n) is 3.00. The summed E-state index contributed by atoms with van der Waals surface area (Å²) >= 11 is 3.16. The first kappa shape index (κ1) is 13.5.